The van der Waals surface area contributed by atoms with E-state index >= 15 is 0 Å². The van der Waals surface area contributed by atoms with Crippen molar-refractivity contribution in [1.29, 1.82) is 0 Å². The Labute approximate surface area is 276 Å². The van der Waals surface area contributed by atoms with Gasteiger partial charge in [0.2, 0.25) is 11.7 Å². The number of benzene rings is 4. The minimum Gasteiger partial charge on any atom is -0.480 e. The molecule has 2 aromatic heterocycles. The third kappa shape index (κ3) is 7.86. The Morgan fingerprint density at radius 2 is 1.42 bits per heavy atom. The molecule has 0 spiro atoms. The van der Waals surface area contributed by atoms with Crippen LogP contribution in [0.5, 0.6) is 0 Å². The molecule has 0 fully saturated rings. The summed E-state index contributed by atoms with van der Waals surface area (Å²) in [6, 6.07) is 33.4. The Morgan fingerprint density at radius 3 is 2.06 bits per heavy atom. The molecule has 10 heteroatoms. The van der Waals surface area contributed by atoms with Gasteiger partial charge in [0.05, 0.1) is 6.42 Å². The topological polar surface area (TPSA) is 139 Å². The molecule has 0 aliphatic heterocycles. The molecule has 0 atom stereocenters. The third-order valence-corrected chi connectivity index (χ3v) is 7.64. The molecule has 2 amide bonds. The molecule has 2 heterocycles. The second-order valence-corrected chi connectivity index (χ2v) is 11.3. The van der Waals surface area contributed by atoms with Crippen LogP contribution in [0.3, 0.4) is 0 Å². The third-order valence-electron chi connectivity index (χ3n) is 7.64. The summed E-state index contributed by atoms with van der Waals surface area (Å²) in [6.45, 7) is 1.64. The molecule has 0 saturated heterocycles. The molecular formula is C38H31N5O5. The minimum atomic E-state index is -1.13. The lowest BCUT2D eigenvalue weighted by molar-refractivity contribution is -0.137. The molecule has 0 saturated carbocycles. The Balaban J connectivity index is 1.09. The lowest BCUT2D eigenvalue weighted by Gasteiger charge is -2.21. The minimum absolute atomic E-state index is 0.0693. The average Bonchev–Trinajstić information content (AvgIpc) is 3.60. The van der Waals surface area contributed by atoms with Crippen LogP contribution in [0.15, 0.2) is 126 Å². The number of carboxylic acid groups (broad SMARTS) is 1. The van der Waals surface area contributed by atoms with Gasteiger partial charge in [-0.15, -0.1) is 0 Å². The van der Waals surface area contributed by atoms with E-state index in [1.165, 1.54) is 10.5 Å². The van der Waals surface area contributed by atoms with E-state index in [1.807, 2.05) is 30.3 Å². The van der Waals surface area contributed by atoms with Gasteiger partial charge < -0.3 is 19.8 Å². The number of nitrogens with one attached hydrogen (secondary N) is 1. The second kappa shape index (κ2) is 14.3. The van der Waals surface area contributed by atoms with Gasteiger partial charge in [0.15, 0.2) is 0 Å². The number of nitrogens with zero attached hydrogens (tertiary/aromatic N) is 4. The predicted molar refractivity (Wildman–Crippen MR) is 181 cm³/mol. The number of carbonyl (C=O) groups excluding carboxylic acids is 2. The maximum atomic E-state index is 13.3. The molecular weight excluding hydrogens is 606 g/mol. The number of rotatable bonds is 11. The first kappa shape index (κ1) is 31.6. The lowest BCUT2D eigenvalue weighted by Crippen LogP contribution is -2.35. The Kier molecular flexibility index (Phi) is 9.43. The van der Waals surface area contributed by atoms with Gasteiger partial charge in [-0.3, -0.25) is 19.4 Å². The van der Waals surface area contributed by atoms with E-state index in [1.54, 1.807) is 67.0 Å². The van der Waals surface area contributed by atoms with Gasteiger partial charge in [0, 0.05) is 41.3 Å². The van der Waals surface area contributed by atoms with Crippen LogP contribution in [0, 0.1) is 6.92 Å². The number of pyridine rings is 1. The molecule has 10 nitrogen and oxygen atoms in total. The van der Waals surface area contributed by atoms with E-state index in [9.17, 15) is 19.5 Å². The van der Waals surface area contributed by atoms with E-state index in [0.717, 1.165) is 27.8 Å². The fraction of sp³-hybridized carbons (Fsp3) is 0.105. The van der Waals surface area contributed by atoms with Gasteiger partial charge in [-0.25, -0.2) is 0 Å². The summed E-state index contributed by atoms with van der Waals surface area (Å²) in [5.74, 6) is -1.01. The van der Waals surface area contributed by atoms with Gasteiger partial charge in [0.1, 0.15) is 6.54 Å². The maximum absolute atomic E-state index is 13.3. The number of anilines is 1. The van der Waals surface area contributed by atoms with E-state index in [2.05, 4.69) is 51.6 Å². The second-order valence-electron chi connectivity index (χ2n) is 11.3. The largest absolute Gasteiger partial charge is 0.480 e. The highest BCUT2D eigenvalue weighted by Gasteiger charge is 2.20. The maximum Gasteiger partial charge on any atom is 0.323 e. The van der Waals surface area contributed by atoms with Crippen LogP contribution >= 0.6 is 0 Å². The normalized spacial score (nSPS) is 10.8. The van der Waals surface area contributed by atoms with Crippen LogP contribution in [0.4, 0.5) is 5.69 Å². The zero-order chi connectivity index (χ0) is 33.5. The number of aromatic nitrogens is 3. The molecule has 48 heavy (non-hydrogen) atoms. The summed E-state index contributed by atoms with van der Waals surface area (Å²) >= 11 is 0. The summed E-state index contributed by atoms with van der Waals surface area (Å²) in [6.07, 6.45) is 3.43. The van der Waals surface area contributed by atoms with E-state index in [0.29, 0.717) is 28.5 Å². The van der Waals surface area contributed by atoms with Crippen LogP contribution in [0.25, 0.3) is 34.0 Å². The predicted octanol–water partition coefficient (Wildman–Crippen LogP) is 6.68. The van der Waals surface area contributed by atoms with Gasteiger partial charge in [0.25, 0.3) is 11.8 Å². The average molecular weight is 638 g/mol. The number of carboxylic acids is 1. The fourth-order valence-corrected chi connectivity index (χ4v) is 5.12. The van der Waals surface area contributed by atoms with Crippen LogP contribution in [0.2, 0.25) is 0 Å². The zero-order valence-electron chi connectivity index (χ0n) is 26.0. The molecule has 238 valence electrons. The number of amides is 2. The number of aryl methyl sites for hydroxylation is 1. The van der Waals surface area contributed by atoms with Crippen LogP contribution in [-0.2, 0) is 22.6 Å². The molecule has 0 radical (unpaired) electrons. The summed E-state index contributed by atoms with van der Waals surface area (Å²) in [7, 11) is 0. The highest BCUT2D eigenvalue weighted by atomic mass is 16.5. The molecule has 4 aromatic carbocycles. The number of carbonyl (C=O) groups is 3. The van der Waals surface area contributed by atoms with E-state index in [4.69, 9.17) is 4.52 Å². The van der Waals surface area contributed by atoms with Crippen LogP contribution < -0.4 is 5.32 Å². The summed E-state index contributed by atoms with van der Waals surface area (Å²) in [5, 5.41) is 16.5. The lowest BCUT2D eigenvalue weighted by atomic mass is 10.0. The van der Waals surface area contributed by atoms with E-state index < -0.39 is 18.4 Å². The Bertz CT molecular complexity index is 2020. The fourth-order valence-electron chi connectivity index (χ4n) is 5.12. The standard InChI is InChI=1S/C38H31N5O5/c1-25-4-8-28(9-5-25)29-12-14-31(15-13-29)37-41-36(42-48-37)30-10-6-26(7-11-30)23-43(24-35(45)46)38(47)32-16-18-33(19-17-32)40-34(44)21-27-3-2-20-39-22-27/h2-20,22H,21,23-24H2,1H3,(H,40,44)(H,45,46). The first-order valence-electron chi connectivity index (χ1n) is 15.2. The zero-order valence-corrected chi connectivity index (χ0v) is 26.0. The highest BCUT2D eigenvalue weighted by Crippen LogP contribution is 2.26. The molecule has 0 bridgehead atoms. The van der Waals surface area contributed by atoms with Crippen molar-refractivity contribution in [3.05, 3.63) is 144 Å². The van der Waals surface area contributed by atoms with E-state index in [-0.39, 0.29) is 18.9 Å². The van der Waals surface area contributed by atoms with Crippen molar-refractivity contribution in [2.75, 3.05) is 11.9 Å². The first-order chi connectivity index (χ1) is 23.3. The van der Waals surface area contributed by atoms with Gasteiger partial charge in [-0.2, -0.15) is 4.98 Å². The quantitative estimate of drug-likeness (QED) is 0.160. The molecule has 6 aromatic rings. The summed E-state index contributed by atoms with van der Waals surface area (Å²) in [4.78, 5) is 47.2. The van der Waals surface area contributed by atoms with Crippen molar-refractivity contribution in [2.24, 2.45) is 0 Å². The molecule has 0 aliphatic carbocycles. The molecule has 6 rings (SSSR count). The first-order valence-corrected chi connectivity index (χ1v) is 15.2. The van der Waals surface area contributed by atoms with Crippen molar-refractivity contribution in [2.45, 2.75) is 19.9 Å². The summed E-state index contributed by atoms with van der Waals surface area (Å²) < 4.78 is 5.54. The smallest absolute Gasteiger partial charge is 0.323 e. The number of hydrogen-bond acceptors (Lipinski definition) is 7. The van der Waals surface area contributed by atoms with Crippen molar-refractivity contribution in [1.82, 2.24) is 20.0 Å². The number of aliphatic carboxylic acids is 1. The van der Waals surface area contributed by atoms with Crippen molar-refractivity contribution < 1.29 is 24.0 Å². The highest BCUT2D eigenvalue weighted by molar-refractivity contribution is 5.97. The van der Waals surface area contributed by atoms with Gasteiger partial charge >= 0.3 is 5.97 Å². The SMILES string of the molecule is Cc1ccc(-c2ccc(-c3nc(-c4ccc(CN(CC(=O)O)C(=O)c5ccc(NC(=O)Cc6cccnc6)cc5)cc4)no3)cc2)cc1. The Hall–Kier alpha value is -6.42. The monoisotopic (exact) mass is 637 g/mol. The molecule has 2 N–H and O–H groups in total. The van der Waals surface area contributed by atoms with Gasteiger partial charge in [-0.05, 0) is 71.6 Å². The Morgan fingerprint density at radius 1 is 0.771 bits per heavy atom. The van der Waals surface area contributed by atoms with Crippen LogP contribution in [0.1, 0.15) is 27.0 Å². The van der Waals surface area contributed by atoms with Gasteiger partial charge in [-0.1, -0.05) is 77.5 Å². The van der Waals surface area contributed by atoms with Crippen molar-refractivity contribution in [3.8, 4) is 34.0 Å². The van der Waals surface area contributed by atoms with Crippen molar-refractivity contribution >= 4 is 23.5 Å². The number of hydrogen-bond donors (Lipinski definition) is 2. The molecule has 0 unspecified atom stereocenters. The summed E-state index contributed by atoms with van der Waals surface area (Å²) in [5.41, 5.74) is 7.24. The van der Waals surface area contributed by atoms with Crippen LogP contribution in [-0.4, -0.2) is 49.5 Å². The molecule has 0 aliphatic rings. The van der Waals surface area contributed by atoms with Crippen molar-refractivity contribution in [3.63, 3.8) is 0 Å².